The molecule has 0 radical (unpaired) electrons. The summed E-state index contributed by atoms with van der Waals surface area (Å²) in [5.41, 5.74) is 2.88. The summed E-state index contributed by atoms with van der Waals surface area (Å²) in [6.07, 6.45) is 6.91. The van der Waals surface area contributed by atoms with E-state index in [0.29, 0.717) is 0 Å². The average Bonchev–Trinajstić information content (AvgIpc) is 2.11. The van der Waals surface area contributed by atoms with Gasteiger partial charge in [0, 0.05) is 0 Å². The highest BCUT2D eigenvalue weighted by atomic mass is 16.5. The smallest absolute Gasteiger partial charge is 0.106 e. The maximum atomic E-state index is 6.02. The van der Waals surface area contributed by atoms with Crippen molar-refractivity contribution in [3.05, 3.63) is 23.0 Å². The summed E-state index contributed by atoms with van der Waals surface area (Å²) in [7, 11) is 0. The van der Waals surface area contributed by atoms with E-state index in [0.717, 1.165) is 25.0 Å². The van der Waals surface area contributed by atoms with Gasteiger partial charge in [-0.2, -0.15) is 0 Å². The Morgan fingerprint density at radius 2 is 2.07 bits per heavy atom. The Kier molecular flexibility index (Phi) is 4.01. The Morgan fingerprint density at radius 3 is 2.60 bits per heavy atom. The quantitative estimate of drug-likeness (QED) is 0.616. The zero-order valence-electron chi connectivity index (χ0n) is 10.8. The lowest BCUT2D eigenvalue weighted by Gasteiger charge is -2.35. The van der Waals surface area contributed by atoms with E-state index in [4.69, 9.17) is 4.74 Å². The first-order chi connectivity index (χ1) is 6.93. The normalized spacial score (nSPS) is 26.2. The first-order valence-corrected chi connectivity index (χ1v) is 5.92. The molecule has 0 amide bonds. The second kappa shape index (κ2) is 4.87. The van der Waals surface area contributed by atoms with Crippen LogP contribution in [0.25, 0.3) is 0 Å². The van der Waals surface area contributed by atoms with E-state index in [1.807, 2.05) is 0 Å². The molecule has 0 spiro atoms. The van der Waals surface area contributed by atoms with Gasteiger partial charge in [-0.1, -0.05) is 11.6 Å². The molecule has 1 nitrogen and oxygen atoms in total. The van der Waals surface area contributed by atoms with Gasteiger partial charge >= 0.3 is 0 Å². The standard InChI is InChI=1S/C14H24O/c1-11(2)7-6-9-14(5)10-8-12(3)13(4)15-14/h7H,6,8-10H2,1-5H3. The van der Waals surface area contributed by atoms with Crippen LogP contribution in [-0.4, -0.2) is 5.60 Å². The molecular weight excluding hydrogens is 184 g/mol. The Labute approximate surface area is 94.2 Å². The highest BCUT2D eigenvalue weighted by Crippen LogP contribution is 2.34. The third-order valence-electron chi connectivity index (χ3n) is 3.26. The van der Waals surface area contributed by atoms with Crippen molar-refractivity contribution < 1.29 is 4.74 Å². The molecule has 1 aliphatic rings. The molecule has 0 saturated carbocycles. The van der Waals surface area contributed by atoms with Gasteiger partial charge in [-0.05, 0) is 65.9 Å². The van der Waals surface area contributed by atoms with Crippen LogP contribution >= 0.6 is 0 Å². The first kappa shape index (κ1) is 12.4. The molecule has 15 heavy (non-hydrogen) atoms. The molecule has 1 atom stereocenters. The van der Waals surface area contributed by atoms with Crippen molar-refractivity contribution in [1.82, 2.24) is 0 Å². The molecular formula is C14H24O. The number of ether oxygens (including phenoxy) is 1. The lowest BCUT2D eigenvalue weighted by Crippen LogP contribution is -2.31. The van der Waals surface area contributed by atoms with Gasteiger partial charge in [-0.25, -0.2) is 0 Å². The minimum absolute atomic E-state index is 0.0650. The Morgan fingerprint density at radius 1 is 1.40 bits per heavy atom. The molecule has 0 aromatic carbocycles. The molecule has 1 heteroatoms. The van der Waals surface area contributed by atoms with Crippen LogP contribution < -0.4 is 0 Å². The highest BCUT2D eigenvalue weighted by molar-refractivity contribution is 5.09. The second-order valence-electron chi connectivity index (χ2n) is 5.21. The van der Waals surface area contributed by atoms with E-state index < -0.39 is 0 Å². The van der Waals surface area contributed by atoms with Crippen LogP contribution in [0.2, 0.25) is 0 Å². The topological polar surface area (TPSA) is 9.23 Å². The molecule has 1 rings (SSSR count). The predicted molar refractivity (Wildman–Crippen MR) is 65.8 cm³/mol. The van der Waals surface area contributed by atoms with E-state index in [9.17, 15) is 0 Å². The maximum Gasteiger partial charge on any atom is 0.106 e. The van der Waals surface area contributed by atoms with Crippen molar-refractivity contribution in [2.75, 3.05) is 0 Å². The largest absolute Gasteiger partial charge is 0.492 e. The van der Waals surface area contributed by atoms with Gasteiger partial charge in [0.2, 0.25) is 0 Å². The SMILES string of the molecule is CC(C)=CCCC1(C)CCC(C)=C(C)O1. The summed E-state index contributed by atoms with van der Waals surface area (Å²) in [5, 5.41) is 0. The molecule has 0 N–H and O–H groups in total. The second-order valence-corrected chi connectivity index (χ2v) is 5.21. The zero-order chi connectivity index (χ0) is 11.5. The average molecular weight is 208 g/mol. The van der Waals surface area contributed by atoms with Gasteiger partial charge in [-0.3, -0.25) is 0 Å². The summed E-state index contributed by atoms with van der Waals surface area (Å²) >= 11 is 0. The molecule has 0 bridgehead atoms. The highest BCUT2D eigenvalue weighted by Gasteiger charge is 2.29. The van der Waals surface area contributed by atoms with Crippen LogP contribution in [0.4, 0.5) is 0 Å². The molecule has 0 saturated heterocycles. The Balaban J connectivity index is 2.52. The summed E-state index contributed by atoms with van der Waals surface area (Å²) in [6.45, 7) is 10.8. The molecule has 0 aromatic rings. The Bertz CT molecular complexity index is 282. The first-order valence-electron chi connectivity index (χ1n) is 5.92. The summed E-state index contributed by atoms with van der Waals surface area (Å²) in [6, 6.07) is 0. The minimum atomic E-state index is 0.0650. The van der Waals surface area contributed by atoms with Crippen molar-refractivity contribution in [2.24, 2.45) is 0 Å². The lowest BCUT2D eigenvalue weighted by molar-refractivity contribution is -0.00872. The van der Waals surface area contributed by atoms with Gasteiger partial charge in [0.15, 0.2) is 0 Å². The van der Waals surface area contributed by atoms with Gasteiger partial charge in [0.05, 0.1) is 5.76 Å². The maximum absolute atomic E-state index is 6.02. The van der Waals surface area contributed by atoms with Crippen molar-refractivity contribution >= 4 is 0 Å². The summed E-state index contributed by atoms with van der Waals surface area (Å²) < 4.78 is 6.02. The van der Waals surface area contributed by atoms with Gasteiger partial charge in [0.1, 0.15) is 5.60 Å². The monoisotopic (exact) mass is 208 g/mol. The predicted octanol–water partition coefficient (Wildman–Crippen LogP) is 4.60. The van der Waals surface area contributed by atoms with Crippen molar-refractivity contribution in [1.29, 1.82) is 0 Å². The molecule has 86 valence electrons. The van der Waals surface area contributed by atoms with Gasteiger partial charge in [0.25, 0.3) is 0 Å². The zero-order valence-corrected chi connectivity index (χ0v) is 10.8. The molecule has 1 heterocycles. The van der Waals surface area contributed by atoms with Crippen LogP contribution in [-0.2, 0) is 4.74 Å². The molecule has 1 aliphatic heterocycles. The fourth-order valence-corrected chi connectivity index (χ4v) is 1.98. The third-order valence-corrected chi connectivity index (χ3v) is 3.26. The van der Waals surface area contributed by atoms with Crippen molar-refractivity contribution in [3.63, 3.8) is 0 Å². The molecule has 0 fully saturated rings. The van der Waals surface area contributed by atoms with E-state index in [-0.39, 0.29) is 5.60 Å². The minimum Gasteiger partial charge on any atom is -0.492 e. The van der Waals surface area contributed by atoms with E-state index in [1.54, 1.807) is 0 Å². The van der Waals surface area contributed by atoms with Gasteiger partial charge < -0.3 is 4.74 Å². The summed E-state index contributed by atoms with van der Waals surface area (Å²) in [4.78, 5) is 0. The number of rotatable bonds is 3. The van der Waals surface area contributed by atoms with Crippen LogP contribution in [0.15, 0.2) is 23.0 Å². The van der Waals surface area contributed by atoms with Crippen molar-refractivity contribution in [2.45, 2.75) is 65.9 Å². The van der Waals surface area contributed by atoms with E-state index in [1.165, 1.54) is 17.6 Å². The number of allylic oxidation sites excluding steroid dienone is 4. The van der Waals surface area contributed by atoms with Crippen LogP contribution in [0.3, 0.4) is 0 Å². The summed E-state index contributed by atoms with van der Waals surface area (Å²) in [5.74, 6) is 1.14. The van der Waals surface area contributed by atoms with Crippen LogP contribution in [0.5, 0.6) is 0 Å². The fourth-order valence-electron chi connectivity index (χ4n) is 1.98. The number of hydrogen-bond donors (Lipinski definition) is 0. The van der Waals surface area contributed by atoms with Crippen LogP contribution in [0.1, 0.15) is 60.3 Å². The van der Waals surface area contributed by atoms with E-state index >= 15 is 0 Å². The van der Waals surface area contributed by atoms with E-state index in [2.05, 4.69) is 40.7 Å². The van der Waals surface area contributed by atoms with Crippen molar-refractivity contribution in [3.8, 4) is 0 Å². The third kappa shape index (κ3) is 3.73. The lowest BCUT2D eigenvalue weighted by atomic mass is 9.89. The fraction of sp³-hybridized carbons (Fsp3) is 0.714. The molecule has 1 unspecified atom stereocenters. The van der Waals surface area contributed by atoms with Gasteiger partial charge in [-0.15, -0.1) is 0 Å². The molecule has 0 aliphatic carbocycles. The van der Waals surface area contributed by atoms with Crippen LogP contribution in [0, 0.1) is 0 Å². The Hall–Kier alpha value is -0.720. The molecule has 0 aromatic heterocycles. The number of hydrogen-bond acceptors (Lipinski definition) is 1.